The third-order valence-electron chi connectivity index (χ3n) is 3.89. The molecule has 1 aromatic rings. The van der Waals surface area contributed by atoms with Gasteiger partial charge in [0, 0.05) is 19.6 Å². The van der Waals surface area contributed by atoms with Crippen molar-refractivity contribution in [2.24, 2.45) is 5.92 Å². The number of rotatable bonds is 7. The SMILES string of the molecule is CCCNCc1ccc(N(C)C(C)C(C)C)c(C#N)c1. The Hall–Kier alpha value is -1.53. The van der Waals surface area contributed by atoms with Crippen molar-refractivity contribution in [3.05, 3.63) is 29.3 Å². The van der Waals surface area contributed by atoms with E-state index in [1.807, 2.05) is 6.07 Å². The first kappa shape index (κ1) is 16.5. The summed E-state index contributed by atoms with van der Waals surface area (Å²) in [5.41, 5.74) is 2.95. The van der Waals surface area contributed by atoms with Gasteiger partial charge in [0.25, 0.3) is 0 Å². The molecule has 0 radical (unpaired) electrons. The van der Waals surface area contributed by atoms with Crippen LogP contribution in [0.5, 0.6) is 0 Å². The maximum atomic E-state index is 9.39. The predicted octanol–water partition coefficient (Wildman–Crippen LogP) is 3.54. The van der Waals surface area contributed by atoms with E-state index in [0.717, 1.165) is 30.8 Å². The van der Waals surface area contributed by atoms with Crippen molar-refractivity contribution < 1.29 is 0 Å². The van der Waals surface area contributed by atoms with Crippen LogP contribution in [0.15, 0.2) is 18.2 Å². The van der Waals surface area contributed by atoms with E-state index in [9.17, 15) is 5.26 Å². The number of benzene rings is 1. The van der Waals surface area contributed by atoms with E-state index in [1.54, 1.807) is 0 Å². The quantitative estimate of drug-likeness (QED) is 0.772. The highest BCUT2D eigenvalue weighted by Gasteiger charge is 2.16. The van der Waals surface area contributed by atoms with Crippen LogP contribution in [-0.2, 0) is 6.54 Å². The van der Waals surface area contributed by atoms with E-state index >= 15 is 0 Å². The van der Waals surface area contributed by atoms with Crippen LogP contribution < -0.4 is 10.2 Å². The van der Waals surface area contributed by atoms with E-state index in [1.165, 1.54) is 5.56 Å². The van der Waals surface area contributed by atoms with Gasteiger partial charge in [-0.2, -0.15) is 5.26 Å². The molecule has 0 heterocycles. The summed E-state index contributed by atoms with van der Waals surface area (Å²) in [4.78, 5) is 2.20. The van der Waals surface area contributed by atoms with Gasteiger partial charge in [0.1, 0.15) is 6.07 Å². The van der Waals surface area contributed by atoms with Gasteiger partial charge in [-0.05, 0) is 43.5 Å². The van der Waals surface area contributed by atoms with Gasteiger partial charge in [0.15, 0.2) is 0 Å². The molecule has 0 aromatic heterocycles. The summed E-state index contributed by atoms with van der Waals surface area (Å²) in [7, 11) is 2.07. The van der Waals surface area contributed by atoms with Gasteiger partial charge >= 0.3 is 0 Å². The normalized spacial score (nSPS) is 12.2. The summed E-state index contributed by atoms with van der Waals surface area (Å²) in [5.74, 6) is 0.553. The van der Waals surface area contributed by atoms with Crippen molar-refractivity contribution in [3.63, 3.8) is 0 Å². The molecule has 110 valence electrons. The van der Waals surface area contributed by atoms with Crippen LogP contribution in [0, 0.1) is 17.2 Å². The monoisotopic (exact) mass is 273 g/mol. The van der Waals surface area contributed by atoms with Crippen molar-refractivity contribution in [1.29, 1.82) is 5.26 Å². The highest BCUT2D eigenvalue weighted by Crippen LogP contribution is 2.24. The first-order chi connectivity index (χ1) is 9.51. The minimum atomic E-state index is 0.408. The van der Waals surface area contributed by atoms with Crippen LogP contribution in [0.2, 0.25) is 0 Å². The maximum absolute atomic E-state index is 9.39. The molecule has 0 amide bonds. The molecule has 0 fully saturated rings. The molecule has 0 aliphatic heterocycles. The van der Waals surface area contributed by atoms with Crippen LogP contribution >= 0.6 is 0 Å². The molecule has 3 nitrogen and oxygen atoms in total. The smallest absolute Gasteiger partial charge is 0.101 e. The first-order valence-corrected chi connectivity index (χ1v) is 7.47. The molecular weight excluding hydrogens is 246 g/mol. The maximum Gasteiger partial charge on any atom is 0.101 e. The third kappa shape index (κ3) is 4.25. The molecule has 0 aliphatic rings. The molecule has 0 saturated heterocycles. The lowest BCUT2D eigenvalue weighted by atomic mass is 10.0. The third-order valence-corrected chi connectivity index (χ3v) is 3.89. The van der Waals surface area contributed by atoms with Crippen LogP contribution in [0.3, 0.4) is 0 Å². The second-order valence-corrected chi connectivity index (χ2v) is 5.74. The minimum absolute atomic E-state index is 0.408. The molecule has 1 unspecified atom stereocenters. The zero-order valence-electron chi connectivity index (χ0n) is 13.4. The minimum Gasteiger partial charge on any atom is -0.371 e. The molecule has 0 spiro atoms. The van der Waals surface area contributed by atoms with Gasteiger partial charge in [0.2, 0.25) is 0 Å². The Bertz CT molecular complexity index is 460. The van der Waals surface area contributed by atoms with Gasteiger partial charge in [-0.3, -0.25) is 0 Å². The van der Waals surface area contributed by atoms with Crippen molar-refractivity contribution in [2.75, 3.05) is 18.5 Å². The number of hydrogen-bond acceptors (Lipinski definition) is 3. The molecule has 1 N–H and O–H groups in total. The van der Waals surface area contributed by atoms with Crippen molar-refractivity contribution in [2.45, 2.75) is 46.7 Å². The molecule has 3 heteroatoms. The van der Waals surface area contributed by atoms with Crippen molar-refractivity contribution in [3.8, 4) is 6.07 Å². The summed E-state index contributed by atoms with van der Waals surface area (Å²) in [5, 5.41) is 12.8. The van der Waals surface area contributed by atoms with Gasteiger partial charge in [-0.25, -0.2) is 0 Å². The molecule has 0 aliphatic carbocycles. The molecule has 0 saturated carbocycles. The van der Waals surface area contributed by atoms with Gasteiger partial charge < -0.3 is 10.2 Å². The highest BCUT2D eigenvalue weighted by molar-refractivity contribution is 5.60. The number of anilines is 1. The lowest BCUT2D eigenvalue weighted by Gasteiger charge is -2.30. The van der Waals surface area contributed by atoms with Crippen LogP contribution in [0.1, 0.15) is 45.2 Å². The lowest BCUT2D eigenvalue weighted by Crippen LogP contribution is -2.33. The first-order valence-electron chi connectivity index (χ1n) is 7.47. The van der Waals surface area contributed by atoms with E-state index in [-0.39, 0.29) is 0 Å². The zero-order chi connectivity index (χ0) is 15.1. The van der Waals surface area contributed by atoms with Gasteiger partial charge in [-0.15, -0.1) is 0 Å². The van der Waals surface area contributed by atoms with E-state index in [0.29, 0.717) is 12.0 Å². The average molecular weight is 273 g/mol. The van der Waals surface area contributed by atoms with Crippen molar-refractivity contribution >= 4 is 5.69 Å². The molecular formula is C17H27N3. The summed E-state index contributed by atoms with van der Waals surface area (Å²) in [6.45, 7) is 10.6. The molecule has 1 aromatic carbocycles. The van der Waals surface area contributed by atoms with E-state index in [2.05, 4.69) is 63.2 Å². The summed E-state index contributed by atoms with van der Waals surface area (Å²) in [6, 6.07) is 8.92. The fourth-order valence-corrected chi connectivity index (χ4v) is 2.17. The van der Waals surface area contributed by atoms with Crippen LogP contribution in [0.25, 0.3) is 0 Å². The fraction of sp³-hybridized carbons (Fsp3) is 0.588. The Morgan fingerprint density at radius 3 is 2.55 bits per heavy atom. The molecule has 1 atom stereocenters. The largest absolute Gasteiger partial charge is 0.371 e. The Balaban J connectivity index is 2.91. The summed E-state index contributed by atoms with van der Waals surface area (Å²) >= 11 is 0. The molecule has 1 rings (SSSR count). The van der Waals surface area contributed by atoms with Crippen LogP contribution in [-0.4, -0.2) is 19.6 Å². The zero-order valence-corrected chi connectivity index (χ0v) is 13.4. The van der Waals surface area contributed by atoms with E-state index < -0.39 is 0 Å². The topological polar surface area (TPSA) is 39.1 Å². The number of hydrogen-bond donors (Lipinski definition) is 1. The van der Waals surface area contributed by atoms with E-state index in [4.69, 9.17) is 0 Å². The standard InChI is InChI=1S/C17H27N3/c1-6-9-19-12-15-7-8-17(16(10-15)11-18)20(5)14(4)13(2)3/h7-8,10,13-14,19H,6,9,12H2,1-5H3. The highest BCUT2D eigenvalue weighted by atomic mass is 15.1. The van der Waals surface area contributed by atoms with Crippen molar-refractivity contribution in [1.82, 2.24) is 5.32 Å². The number of nitrogens with zero attached hydrogens (tertiary/aromatic N) is 2. The van der Waals surface area contributed by atoms with Crippen LogP contribution in [0.4, 0.5) is 5.69 Å². The van der Waals surface area contributed by atoms with Gasteiger partial charge in [-0.1, -0.05) is 26.8 Å². The number of nitriles is 1. The van der Waals surface area contributed by atoms with Gasteiger partial charge in [0.05, 0.1) is 11.3 Å². The predicted molar refractivity (Wildman–Crippen MR) is 85.9 cm³/mol. The summed E-state index contributed by atoms with van der Waals surface area (Å²) in [6.07, 6.45) is 1.12. The Morgan fingerprint density at radius 2 is 2.00 bits per heavy atom. The second kappa shape index (κ2) is 7.91. The Morgan fingerprint density at radius 1 is 1.30 bits per heavy atom. The Labute approximate surface area is 123 Å². The number of nitrogens with one attached hydrogen (secondary N) is 1. The Kier molecular flexibility index (Phi) is 6.54. The molecule has 20 heavy (non-hydrogen) atoms. The summed E-state index contributed by atoms with van der Waals surface area (Å²) < 4.78 is 0. The second-order valence-electron chi connectivity index (χ2n) is 5.74. The fourth-order valence-electron chi connectivity index (χ4n) is 2.17. The lowest BCUT2D eigenvalue weighted by molar-refractivity contribution is 0.505. The molecule has 0 bridgehead atoms. The average Bonchev–Trinajstić information content (AvgIpc) is 2.45.